The zero-order chi connectivity index (χ0) is 58.8. The molecule has 0 amide bonds. The number of hydrogen-bond donors (Lipinski definition) is 0. The summed E-state index contributed by atoms with van der Waals surface area (Å²) in [5, 5.41) is 0. The molecule has 0 aliphatic carbocycles. The van der Waals surface area contributed by atoms with E-state index in [1.165, 1.54) is 205 Å². The highest BCUT2D eigenvalue weighted by Crippen LogP contribution is 2.21. The van der Waals surface area contributed by atoms with Gasteiger partial charge in [0.15, 0.2) is 0 Å². The Morgan fingerprint density at radius 3 is 0.716 bits per heavy atom. The van der Waals surface area contributed by atoms with E-state index in [4.69, 9.17) is 18.9 Å². The van der Waals surface area contributed by atoms with Gasteiger partial charge in [0.05, 0.1) is 13.2 Å². The van der Waals surface area contributed by atoms with E-state index >= 15 is 0 Å². The van der Waals surface area contributed by atoms with Crippen molar-refractivity contribution in [3.63, 3.8) is 0 Å². The lowest BCUT2D eigenvalue weighted by Gasteiger charge is -2.18. The summed E-state index contributed by atoms with van der Waals surface area (Å²) in [6.07, 6.45) is 73.2. The Morgan fingerprint density at radius 1 is 0.247 bits per heavy atom. The lowest BCUT2D eigenvalue weighted by atomic mass is 10.0. The van der Waals surface area contributed by atoms with Gasteiger partial charge in [0.25, 0.3) is 0 Å². The predicted octanol–water partition coefficient (Wildman–Crippen LogP) is 23.3. The SMILES string of the molecule is CCCCCCCC/C=C\CCCCCCCC(=O)OC(CCCCCCCC)CCCCCCCC(=O)OCCCOC(=O)CCCCCCCC(CCCCCCCC)OC(=O)CCCCCCC/C=C\CCCCCCCC. The molecule has 0 rings (SSSR count). The van der Waals surface area contributed by atoms with Crippen LogP contribution < -0.4 is 0 Å². The zero-order valence-electron chi connectivity index (χ0n) is 54.4. The highest BCUT2D eigenvalue weighted by atomic mass is 16.6. The maximum absolute atomic E-state index is 12.9. The minimum atomic E-state index is -0.181. The van der Waals surface area contributed by atoms with E-state index < -0.39 is 0 Å². The standard InChI is InChI=1S/C73H136O8/c1-5-9-13-17-21-23-25-27-29-31-33-35-37-45-55-64-72(76)80-68(58-49-41-19-15-11-7-3)60-51-43-39-47-53-62-70(74)78-66-57-67-79-71(75)63-54-48-40-44-52-61-69(59-50-42-20-16-12-8-4)81-73(77)65-56-46-38-36-34-32-30-28-26-24-22-18-14-10-6-2/h27-30,68-69H,5-26,31-67H2,1-4H3/b29-27-,30-28-. The van der Waals surface area contributed by atoms with Gasteiger partial charge < -0.3 is 18.9 Å². The Hall–Kier alpha value is -2.64. The smallest absolute Gasteiger partial charge is 0.306 e. The summed E-state index contributed by atoms with van der Waals surface area (Å²) in [6, 6.07) is 0. The van der Waals surface area contributed by atoms with Gasteiger partial charge in [-0.15, -0.1) is 0 Å². The van der Waals surface area contributed by atoms with E-state index in [1.54, 1.807) is 0 Å². The second-order valence-corrected chi connectivity index (χ2v) is 24.4. The summed E-state index contributed by atoms with van der Waals surface area (Å²) in [5.41, 5.74) is 0. The van der Waals surface area contributed by atoms with Crippen molar-refractivity contribution >= 4 is 23.9 Å². The number of esters is 4. The summed E-state index contributed by atoms with van der Waals surface area (Å²) in [7, 11) is 0. The molecule has 0 aliphatic rings. The van der Waals surface area contributed by atoms with Crippen LogP contribution in [0.15, 0.2) is 24.3 Å². The van der Waals surface area contributed by atoms with E-state index in [1.807, 2.05) is 0 Å². The van der Waals surface area contributed by atoms with Crippen LogP contribution in [0.4, 0.5) is 0 Å². The van der Waals surface area contributed by atoms with Gasteiger partial charge in [0.1, 0.15) is 12.2 Å². The maximum Gasteiger partial charge on any atom is 0.306 e. The van der Waals surface area contributed by atoms with Gasteiger partial charge in [-0.25, -0.2) is 0 Å². The molecule has 0 aromatic rings. The fourth-order valence-corrected chi connectivity index (χ4v) is 10.9. The summed E-state index contributed by atoms with van der Waals surface area (Å²) >= 11 is 0. The first-order valence-corrected chi connectivity index (χ1v) is 35.9. The number of hydrogen-bond acceptors (Lipinski definition) is 8. The van der Waals surface area contributed by atoms with Crippen LogP contribution in [0.2, 0.25) is 0 Å². The van der Waals surface area contributed by atoms with Crippen LogP contribution in [0.25, 0.3) is 0 Å². The highest BCUT2D eigenvalue weighted by molar-refractivity contribution is 5.70. The molecule has 2 atom stereocenters. The van der Waals surface area contributed by atoms with Gasteiger partial charge in [0, 0.05) is 32.1 Å². The van der Waals surface area contributed by atoms with Gasteiger partial charge in [-0.2, -0.15) is 0 Å². The molecular formula is C73H136O8. The van der Waals surface area contributed by atoms with Gasteiger partial charge >= 0.3 is 23.9 Å². The molecule has 8 heteroatoms. The van der Waals surface area contributed by atoms with Crippen molar-refractivity contribution in [1.29, 1.82) is 0 Å². The molecular weight excluding hydrogens is 1000 g/mol. The molecule has 0 N–H and O–H groups in total. The summed E-state index contributed by atoms with van der Waals surface area (Å²) in [5.74, 6) is -0.396. The van der Waals surface area contributed by atoms with Gasteiger partial charge in [-0.1, -0.05) is 257 Å². The lowest BCUT2D eigenvalue weighted by molar-refractivity contribution is -0.151. The van der Waals surface area contributed by atoms with Gasteiger partial charge in [0.2, 0.25) is 0 Å². The minimum absolute atomic E-state index is 0.0168. The molecule has 0 aromatic heterocycles. The molecule has 2 unspecified atom stereocenters. The first kappa shape index (κ1) is 78.4. The average molecular weight is 1140 g/mol. The lowest BCUT2D eigenvalue weighted by Crippen LogP contribution is -2.18. The Kier molecular flexibility index (Phi) is 64.3. The maximum atomic E-state index is 12.9. The number of rotatable bonds is 66. The predicted molar refractivity (Wildman–Crippen MR) is 346 cm³/mol. The van der Waals surface area contributed by atoms with E-state index in [0.29, 0.717) is 32.1 Å². The van der Waals surface area contributed by atoms with Crippen LogP contribution in [0.5, 0.6) is 0 Å². The van der Waals surface area contributed by atoms with Crippen molar-refractivity contribution in [1.82, 2.24) is 0 Å². The Balaban J connectivity index is 4.15. The Labute approximate surface area is 503 Å². The summed E-state index contributed by atoms with van der Waals surface area (Å²) in [4.78, 5) is 50.5. The minimum Gasteiger partial charge on any atom is -0.466 e. The van der Waals surface area contributed by atoms with Crippen LogP contribution in [-0.2, 0) is 38.1 Å². The normalized spacial score (nSPS) is 12.4. The molecule has 0 bridgehead atoms. The van der Waals surface area contributed by atoms with Crippen molar-refractivity contribution in [2.75, 3.05) is 13.2 Å². The molecule has 0 radical (unpaired) electrons. The van der Waals surface area contributed by atoms with E-state index in [9.17, 15) is 19.2 Å². The molecule has 0 saturated heterocycles. The highest BCUT2D eigenvalue weighted by Gasteiger charge is 2.16. The zero-order valence-corrected chi connectivity index (χ0v) is 54.4. The van der Waals surface area contributed by atoms with Crippen molar-refractivity contribution in [2.24, 2.45) is 0 Å². The van der Waals surface area contributed by atoms with E-state index in [0.717, 1.165) is 128 Å². The number of allylic oxidation sites excluding steroid dienone is 4. The van der Waals surface area contributed by atoms with E-state index in [2.05, 4.69) is 52.0 Å². The Bertz CT molecular complexity index is 1290. The first-order valence-electron chi connectivity index (χ1n) is 35.9. The van der Waals surface area contributed by atoms with Crippen LogP contribution in [0.3, 0.4) is 0 Å². The van der Waals surface area contributed by atoms with E-state index in [-0.39, 0.29) is 49.3 Å². The molecule has 0 aromatic carbocycles. The molecule has 81 heavy (non-hydrogen) atoms. The van der Waals surface area contributed by atoms with Crippen molar-refractivity contribution in [3.8, 4) is 0 Å². The number of ether oxygens (including phenoxy) is 4. The number of unbranched alkanes of at least 4 members (excludes halogenated alkanes) is 40. The quantitative estimate of drug-likeness (QED) is 0.0257. The third-order valence-corrected chi connectivity index (χ3v) is 16.3. The molecule has 476 valence electrons. The van der Waals surface area contributed by atoms with Gasteiger partial charge in [-0.3, -0.25) is 19.2 Å². The second kappa shape index (κ2) is 66.5. The number of carbonyl (C=O) groups is 4. The van der Waals surface area contributed by atoms with Crippen molar-refractivity contribution < 1.29 is 38.1 Å². The van der Waals surface area contributed by atoms with Crippen LogP contribution in [-0.4, -0.2) is 49.3 Å². The first-order chi connectivity index (χ1) is 39.9. The number of carbonyl (C=O) groups excluding carboxylic acids is 4. The largest absolute Gasteiger partial charge is 0.466 e. The second-order valence-electron chi connectivity index (χ2n) is 24.4. The Morgan fingerprint density at radius 2 is 0.457 bits per heavy atom. The molecule has 0 aliphatic heterocycles. The topological polar surface area (TPSA) is 105 Å². The van der Waals surface area contributed by atoms with Gasteiger partial charge in [-0.05, 0) is 128 Å². The molecule has 8 nitrogen and oxygen atoms in total. The van der Waals surface area contributed by atoms with Crippen molar-refractivity contribution in [2.45, 2.75) is 406 Å². The van der Waals surface area contributed by atoms with Crippen LogP contribution >= 0.6 is 0 Å². The fraction of sp³-hybridized carbons (Fsp3) is 0.890. The molecule has 0 heterocycles. The summed E-state index contributed by atoms with van der Waals surface area (Å²) < 4.78 is 23.0. The fourth-order valence-electron chi connectivity index (χ4n) is 10.9. The monoisotopic (exact) mass is 1140 g/mol. The van der Waals surface area contributed by atoms with Crippen LogP contribution in [0.1, 0.15) is 394 Å². The summed E-state index contributed by atoms with van der Waals surface area (Å²) in [6.45, 7) is 9.59. The third kappa shape index (κ3) is 63.2. The molecule has 0 saturated carbocycles. The van der Waals surface area contributed by atoms with Crippen LogP contribution in [0, 0.1) is 0 Å². The molecule has 0 fully saturated rings. The molecule has 0 spiro atoms. The van der Waals surface area contributed by atoms with Crippen molar-refractivity contribution in [3.05, 3.63) is 24.3 Å². The third-order valence-electron chi connectivity index (χ3n) is 16.3. The average Bonchev–Trinajstić information content (AvgIpc) is 3.45.